The van der Waals surface area contributed by atoms with Crippen molar-refractivity contribution in [2.45, 2.75) is 13.8 Å². The summed E-state index contributed by atoms with van der Waals surface area (Å²) in [6.07, 6.45) is 0. The largest absolute Gasteiger partial charge is 0.398 e. The van der Waals surface area contributed by atoms with E-state index < -0.39 is 0 Å². The molecule has 0 aliphatic heterocycles. The number of nitrogen functional groups attached to an aromatic ring is 1. The molecule has 1 amide bonds. The molecule has 1 aromatic heterocycles. The number of benzene rings is 2. The van der Waals surface area contributed by atoms with Gasteiger partial charge >= 0.3 is 0 Å². The molecule has 0 saturated heterocycles. The Morgan fingerprint density at radius 1 is 1.14 bits per heavy atom. The van der Waals surface area contributed by atoms with Crippen LogP contribution in [-0.2, 0) is 0 Å². The average molecular weight is 297 g/mol. The lowest BCUT2D eigenvalue weighted by Gasteiger charge is -2.05. The van der Waals surface area contributed by atoms with Gasteiger partial charge in [-0.15, -0.1) is 0 Å². The number of fused-ring (bicyclic) bond motifs is 1. The third-order valence-electron chi connectivity index (χ3n) is 3.22. The van der Waals surface area contributed by atoms with Crippen LogP contribution in [0.2, 0.25) is 0 Å². The second-order valence-electron chi connectivity index (χ2n) is 5.04. The van der Waals surface area contributed by atoms with Crippen molar-refractivity contribution in [3.63, 3.8) is 0 Å². The number of hydrogen-bond acceptors (Lipinski definition) is 4. The SMILES string of the molecule is Cc1ccc(C(=O)Nc2nc3ccc(C)cc3s2)c(N)c1. The van der Waals surface area contributed by atoms with Gasteiger partial charge in [-0.2, -0.15) is 0 Å². The van der Waals surface area contributed by atoms with Gasteiger partial charge in [0.25, 0.3) is 5.91 Å². The lowest BCUT2D eigenvalue weighted by molar-refractivity contribution is 0.102. The van der Waals surface area contributed by atoms with Crippen LogP contribution in [0, 0.1) is 13.8 Å². The van der Waals surface area contributed by atoms with Crippen molar-refractivity contribution >= 4 is 38.3 Å². The number of aromatic nitrogens is 1. The molecule has 0 bridgehead atoms. The highest BCUT2D eigenvalue weighted by Gasteiger charge is 2.12. The summed E-state index contributed by atoms with van der Waals surface area (Å²) in [5, 5.41) is 3.40. The van der Waals surface area contributed by atoms with Gasteiger partial charge < -0.3 is 5.73 Å². The topological polar surface area (TPSA) is 68.0 Å². The monoisotopic (exact) mass is 297 g/mol. The summed E-state index contributed by atoms with van der Waals surface area (Å²) in [5.41, 5.74) is 9.93. The fourth-order valence-electron chi connectivity index (χ4n) is 2.14. The molecule has 0 atom stereocenters. The predicted molar refractivity (Wildman–Crippen MR) is 87.9 cm³/mol. The Balaban J connectivity index is 1.89. The molecule has 3 aromatic rings. The van der Waals surface area contributed by atoms with Gasteiger partial charge in [0.1, 0.15) is 0 Å². The van der Waals surface area contributed by atoms with Crippen molar-refractivity contribution in [3.05, 3.63) is 53.1 Å². The van der Waals surface area contributed by atoms with Crippen LogP contribution in [0.3, 0.4) is 0 Å². The van der Waals surface area contributed by atoms with E-state index in [0.29, 0.717) is 16.4 Å². The molecular formula is C16H15N3OS. The first-order valence-electron chi connectivity index (χ1n) is 6.57. The molecule has 0 unspecified atom stereocenters. The molecule has 0 spiro atoms. The first-order valence-corrected chi connectivity index (χ1v) is 7.39. The number of carbonyl (C=O) groups is 1. The minimum Gasteiger partial charge on any atom is -0.398 e. The predicted octanol–water partition coefficient (Wildman–Crippen LogP) is 3.75. The number of amides is 1. The van der Waals surface area contributed by atoms with E-state index in [1.54, 1.807) is 12.1 Å². The van der Waals surface area contributed by atoms with Crippen molar-refractivity contribution < 1.29 is 4.79 Å². The van der Waals surface area contributed by atoms with E-state index >= 15 is 0 Å². The van der Waals surface area contributed by atoms with Gasteiger partial charge in [0.05, 0.1) is 15.8 Å². The zero-order valence-electron chi connectivity index (χ0n) is 11.8. The van der Waals surface area contributed by atoms with E-state index in [1.807, 2.05) is 32.0 Å². The lowest BCUT2D eigenvalue weighted by Crippen LogP contribution is -2.13. The molecule has 0 fully saturated rings. The molecule has 3 N–H and O–H groups in total. The Morgan fingerprint density at radius 2 is 1.86 bits per heavy atom. The van der Waals surface area contributed by atoms with Crippen LogP contribution in [0.25, 0.3) is 10.2 Å². The molecular weight excluding hydrogens is 282 g/mol. The summed E-state index contributed by atoms with van der Waals surface area (Å²) in [7, 11) is 0. The summed E-state index contributed by atoms with van der Waals surface area (Å²) in [4.78, 5) is 16.7. The summed E-state index contributed by atoms with van der Waals surface area (Å²) in [6.45, 7) is 3.97. The summed E-state index contributed by atoms with van der Waals surface area (Å²) in [5.74, 6) is -0.233. The van der Waals surface area contributed by atoms with Gasteiger partial charge in [-0.1, -0.05) is 23.5 Å². The number of nitrogens with one attached hydrogen (secondary N) is 1. The Morgan fingerprint density at radius 3 is 2.62 bits per heavy atom. The van der Waals surface area contributed by atoms with Crippen molar-refractivity contribution in [1.82, 2.24) is 4.98 Å². The summed E-state index contributed by atoms with van der Waals surface area (Å²) < 4.78 is 1.06. The third kappa shape index (κ3) is 2.73. The van der Waals surface area contributed by atoms with Gasteiger partial charge in [0, 0.05) is 5.69 Å². The molecule has 106 valence electrons. The number of hydrogen-bond donors (Lipinski definition) is 2. The quantitative estimate of drug-likeness (QED) is 0.708. The molecule has 5 heteroatoms. The summed E-state index contributed by atoms with van der Waals surface area (Å²) in [6, 6.07) is 11.4. The van der Waals surface area contributed by atoms with E-state index in [0.717, 1.165) is 15.8 Å². The molecule has 2 aromatic carbocycles. The third-order valence-corrected chi connectivity index (χ3v) is 4.15. The normalized spacial score (nSPS) is 10.8. The fourth-order valence-corrected chi connectivity index (χ4v) is 3.10. The average Bonchev–Trinajstić information content (AvgIpc) is 2.79. The van der Waals surface area contributed by atoms with Gasteiger partial charge in [0.2, 0.25) is 0 Å². The number of carbonyl (C=O) groups excluding carboxylic acids is 1. The van der Waals surface area contributed by atoms with Crippen molar-refractivity contribution in [3.8, 4) is 0 Å². The van der Waals surface area contributed by atoms with Crippen molar-refractivity contribution in [1.29, 1.82) is 0 Å². The molecule has 0 radical (unpaired) electrons. The van der Waals surface area contributed by atoms with E-state index in [4.69, 9.17) is 5.73 Å². The van der Waals surface area contributed by atoms with E-state index in [1.165, 1.54) is 16.9 Å². The molecule has 4 nitrogen and oxygen atoms in total. The van der Waals surface area contributed by atoms with Gasteiger partial charge in [-0.25, -0.2) is 4.98 Å². The highest BCUT2D eigenvalue weighted by Crippen LogP contribution is 2.27. The zero-order valence-corrected chi connectivity index (χ0v) is 12.6. The Hall–Kier alpha value is -2.40. The Kier molecular flexibility index (Phi) is 3.35. The highest BCUT2D eigenvalue weighted by atomic mass is 32.1. The van der Waals surface area contributed by atoms with Crippen LogP contribution in [0.4, 0.5) is 10.8 Å². The molecule has 0 saturated carbocycles. The van der Waals surface area contributed by atoms with Gasteiger partial charge in [-0.3, -0.25) is 10.1 Å². The smallest absolute Gasteiger partial charge is 0.259 e. The van der Waals surface area contributed by atoms with Crippen LogP contribution in [0.15, 0.2) is 36.4 Å². The lowest BCUT2D eigenvalue weighted by atomic mass is 10.1. The van der Waals surface area contributed by atoms with Crippen LogP contribution in [0.5, 0.6) is 0 Å². The molecule has 0 aliphatic carbocycles. The zero-order chi connectivity index (χ0) is 15.0. The van der Waals surface area contributed by atoms with Crippen LogP contribution in [0.1, 0.15) is 21.5 Å². The Labute approximate surface area is 126 Å². The molecule has 1 heterocycles. The van der Waals surface area contributed by atoms with E-state index in [9.17, 15) is 4.79 Å². The number of anilines is 2. The molecule has 3 rings (SSSR count). The fraction of sp³-hybridized carbons (Fsp3) is 0.125. The number of nitrogens with zero attached hydrogens (tertiary/aromatic N) is 1. The van der Waals surface area contributed by atoms with Crippen LogP contribution in [-0.4, -0.2) is 10.9 Å². The highest BCUT2D eigenvalue weighted by molar-refractivity contribution is 7.22. The van der Waals surface area contributed by atoms with Gasteiger partial charge in [0.15, 0.2) is 5.13 Å². The first-order chi connectivity index (χ1) is 10.0. The van der Waals surface area contributed by atoms with Gasteiger partial charge in [-0.05, 0) is 49.2 Å². The number of thiazole rings is 1. The van der Waals surface area contributed by atoms with Crippen molar-refractivity contribution in [2.24, 2.45) is 0 Å². The molecule has 0 aliphatic rings. The Bertz CT molecular complexity index is 839. The number of aryl methyl sites for hydroxylation is 2. The standard InChI is InChI=1S/C16H15N3OS/c1-9-3-5-11(12(17)7-9)15(20)19-16-18-13-6-4-10(2)8-14(13)21-16/h3-8H,17H2,1-2H3,(H,18,19,20). The molecule has 21 heavy (non-hydrogen) atoms. The number of nitrogens with two attached hydrogens (primary N) is 1. The van der Waals surface area contributed by atoms with Crippen LogP contribution >= 0.6 is 11.3 Å². The first kappa shape index (κ1) is 13.6. The van der Waals surface area contributed by atoms with Crippen molar-refractivity contribution in [2.75, 3.05) is 11.1 Å². The maximum absolute atomic E-state index is 12.3. The minimum atomic E-state index is -0.233. The summed E-state index contributed by atoms with van der Waals surface area (Å²) >= 11 is 1.46. The maximum Gasteiger partial charge on any atom is 0.259 e. The second-order valence-corrected chi connectivity index (χ2v) is 6.07. The minimum absolute atomic E-state index is 0.233. The number of rotatable bonds is 2. The van der Waals surface area contributed by atoms with E-state index in [2.05, 4.69) is 16.4 Å². The maximum atomic E-state index is 12.3. The van der Waals surface area contributed by atoms with E-state index in [-0.39, 0.29) is 5.91 Å². The van der Waals surface area contributed by atoms with Crippen LogP contribution < -0.4 is 11.1 Å². The second kappa shape index (κ2) is 5.18.